The van der Waals surface area contributed by atoms with Crippen LogP contribution >= 0.6 is 0 Å². The first-order valence-corrected chi connectivity index (χ1v) is 8.50. The van der Waals surface area contributed by atoms with Crippen LogP contribution in [0.25, 0.3) is 0 Å². The van der Waals surface area contributed by atoms with Crippen LogP contribution < -0.4 is 10.2 Å². The zero-order valence-electron chi connectivity index (χ0n) is 15.4. The summed E-state index contributed by atoms with van der Waals surface area (Å²) in [7, 11) is 3.98. The Morgan fingerprint density at radius 2 is 1.60 bits per heavy atom. The van der Waals surface area contributed by atoms with E-state index in [0.717, 1.165) is 22.4 Å². The van der Waals surface area contributed by atoms with E-state index in [9.17, 15) is 9.59 Å². The highest BCUT2D eigenvalue weighted by Gasteiger charge is 2.10. The minimum absolute atomic E-state index is 0.00795. The molecule has 0 aliphatic rings. The Kier molecular flexibility index (Phi) is 6.34. The quantitative estimate of drug-likeness (QED) is 0.784. The van der Waals surface area contributed by atoms with Gasteiger partial charge in [0.15, 0.2) is 5.78 Å². The molecule has 0 spiro atoms. The number of carbonyl (C=O) groups excluding carboxylic acids is 2. The highest BCUT2D eigenvalue weighted by molar-refractivity contribution is 5.98. The Bertz CT molecular complexity index is 749. The first-order chi connectivity index (χ1) is 11.9. The fourth-order valence-electron chi connectivity index (χ4n) is 2.49. The average Bonchev–Trinajstić information content (AvgIpc) is 2.60. The van der Waals surface area contributed by atoms with Crippen LogP contribution in [0.2, 0.25) is 0 Å². The molecule has 0 radical (unpaired) electrons. The van der Waals surface area contributed by atoms with E-state index in [-0.39, 0.29) is 24.5 Å². The van der Waals surface area contributed by atoms with Crippen molar-refractivity contribution in [3.05, 3.63) is 64.7 Å². The monoisotopic (exact) mass is 338 g/mol. The van der Waals surface area contributed by atoms with Crippen molar-refractivity contribution in [2.75, 3.05) is 19.0 Å². The van der Waals surface area contributed by atoms with Crippen molar-refractivity contribution in [3.63, 3.8) is 0 Å². The molecule has 0 aliphatic carbocycles. The minimum Gasteiger partial charge on any atom is -0.378 e. The maximum atomic E-state index is 12.2. The van der Waals surface area contributed by atoms with E-state index in [4.69, 9.17) is 0 Å². The first-order valence-electron chi connectivity index (χ1n) is 8.50. The van der Waals surface area contributed by atoms with Gasteiger partial charge in [-0.1, -0.05) is 24.3 Å². The predicted molar refractivity (Wildman–Crippen MR) is 102 cm³/mol. The SMILES string of the molecule is Cc1ccc(C(=O)CCC(=O)NCc2ccc(N(C)C)cc2)cc1C. The molecular weight excluding hydrogens is 312 g/mol. The van der Waals surface area contributed by atoms with Crippen molar-refractivity contribution in [2.45, 2.75) is 33.2 Å². The summed E-state index contributed by atoms with van der Waals surface area (Å²) in [5.74, 6) is -0.0949. The Morgan fingerprint density at radius 1 is 0.920 bits per heavy atom. The molecule has 2 aromatic carbocycles. The molecule has 0 aromatic heterocycles. The molecule has 0 bridgehead atoms. The van der Waals surface area contributed by atoms with Crippen molar-refractivity contribution in [1.29, 1.82) is 0 Å². The van der Waals surface area contributed by atoms with Gasteiger partial charge in [0, 0.05) is 44.7 Å². The van der Waals surface area contributed by atoms with Crippen LogP contribution in [0.15, 0.2) is 42.5 Å². The van der Waals surface area contributed by atoms with Gasteiger partial charge in [0.25, 0.3) is 0 Å². The molecule has 4 nitrogen and oxygen atoms in total. The van der Waals surface area contributed by atoms with Crippen molar-refractivity contribution >= 4 is 17.4 Å². The number of amides is 1. The van der Waals surface area contributed by atoms with Crippen LogP contribution in [0, 0.1) is 13.8 Å². The Labute approximate surface area is 149 Å². The van der Waals surface area contributed by atoms with E-state index in [2.05, 4.69) is 5.32 Å². The third kappa shape index (κ3) is 5.45. The number of Topliss-reactive ketones (excluding diaryl/α,β-unsaturated/α-hetero) is 1. The van der Waals surface area contributed by atoms with Crippen LogP contribution in [0.4, 0.5) is 5.69 Å². The molecule has 0 atom stereocenters. The van der Waals surface area contributed by atoms with Crippen LogP contribution in [0.1, 0.15) is 39.9 Å². The van der Waals surface area contributed by atoms with E-state index in [0.29, 0.717) is 12.1 Å². The number of anilines is 1. The lowest BCUT2D eigenvalue weighted by Crippen LogP contribution is -2.23. The molecule has 0 heterocycles. The molecule has 0 aliphatic heterocycles. The summed E-state index contributed by atoms with van der Waals surface area (Å²) < 4.78 is 0. The zero-order chi connectivity index (χ0) is 18.4. The van der Waals surface area contributed by atoms with E-state index >= 15 is 0 Å². The lowest BCUT2D eigenvalue weighted by atomic mass is 10.0. The summed E-state index contributed by atoms with van der Waals surface area (Å²) in [4.78, 5) is 26.2. The molecule has 25 heavy (non-hydrogen) atoms. The highest BCUT2D eigenvalue weighted by atomic mass is 16.2. The third-order valence-corrected chi connectivity index (χ3v) is 4.35. The number of carbonyl (C=O) groups is 2. The lowest BCUT2D eigenvalue weighted by Gasteiger charge is -2.13. The van der Waals surface area contributed by atoms with E-state index in [1.54, 1.807) is 0 Å². The summed E-state index contributed by atoms with van der Waals surface area (Å²) in [5.41, 5.74) is 5.09. The first kappa shape index (κ1) is 18.7. The van der Waals surface area contributed by atoms with Crippen LogP contribution in [0.5, 0.6) is 0 Å². The highest BCUT2D eigenvalue weighted by Crippen LogP contribution is 2.13. The molecular formula is C21H26N2O2. The summed E-state index contributed by atoms with van der Waals surface area (Å²) in [5, 5.41) is 2.87. The summed E-state index contributed by atoms with van der Waals surface area (Å²) in [6.07, 6.45) is 0.440. The predicted octanol–water partition coefficient (Wildman–Crippen LogP) is 3.65. The standard InChI is InChI=1S/C21H26N2O2/c1-15-5-8-18(13-16(15)2)20(24)11-12-21(25)22-14-17-6-9-19(10-7-17)23(3)4/h5-10,13H,11-12,14H2,1-4H3,(H,22,25). The number of nitrogens with one attached hydrogen (secondary N) is 1. The van der Waals surface area contributed by atoms with Crippen molar-refractivity contribution in [1.82, 2.24) is 5.32 Å². The van der Waals surface area contributed by atoms with Gasteiger partial charge in [-0.25, -0.2) is 0 Å². The second kappa shape index (κ2) is 8.47. The molecule has 1 amide bonds. The van der Waals surface area contributed by atoms with E-state index in [1.807, 2.05) is 75.3 Å². The van der Waals surface area contributed by atoms with Gasteiger partial charge in [-0.2, -0.15) is 0 Å². The maximum absolute atomic E-state index is 12.2. The summed E-state index contributed by atoms with van der Waals surface area (Å²) >= 11 is 0. The smallest absolute Gasteiger partial charge is 0.220 e. The Balaban J connectivity index is 1.80. The van der Waals surface area contributed by atoms with E-state index < -0.39 is 0 Å². The number of hydrogen-bond acceptors (Lipinski definition) is 3. The molecule has 2 rings (SSSR count). The molecule has 0 saturated carbocycles. The molecule has 1 N–H and O–H groups in total. The van der Waals surface area contributed by atoms with Gasteiger partial charge in [-0.15, -0.1) is 0 Å². The van der Waals surface area contributed by atoms with Gasteiger partial charge < -0.3 is 10.2 Å². The largest absolute Gasteiger partial charge is 0.378 e. The maximum Gasteiger partial charge on any atom is 0.220 e. The van der Waals surface area contributed by atoms with Gasteiger partial charge in [0.05, 0.1) is 0 Å². The second-order valence-corrected chi connectivity index (χ2v) is 6.56. The minimum atomic E-state index is -0.103. The van der Waals surface area contributed by atoms with Crippen LogP contribution in [0.3, 0.4) is 0 Å². The Hall–Kier alpha value is -2.62. The number of ketones is 1. The topological polar surface area (TPSA) is 49.4 Å². The fraction of sp³-hybridized carbons (Fsp3) is 0.333. The number of hydrogen-bond donors (Lipinski definition) is 1. The van der Waals surface area contributed by atoms with Crippen LogP contribution in [-0.4, -0.2) is 25.8 Å². The summed E-state index contributed by atoms with van der Waals surface area (Å²) in [6, 6.07) is 13.7. The Morgan fingerprint density at radius 3 is 2.20 bits per heavy atom. The molecule has 4 heteroatoms. The molecule has 0 unspecified atom stereocenters. The summed E-state index contributed by atoms with van der Waals surface area (Å²) in [6.45, 7) is 4.48. The van der Waals surface area contributed by atoms with Gasteiger partial charge in [-0.05, 0) is 48.7 Å². The van der Waals surface area contributed by atoms with Crippen molar-refractivity contribution < 1.29 is 9.59 Å². The number of rotatable bonds is 7. The van der Waals surface area contributed by atoms with E-state index in [1.165, 1.54) is 0 Å². The fourth-order valence-corrected chi connectivity index (χ4v) is 2.49. The second-order valence-electron chi connectivity index (χ2n) is 6.56. The number of aryl methyl sites for hydroxylation is 2. The van der Waals surface area contributed by atoms with Gasteiger partial charge in [0.1, 0.15) is 0 Å². The molecule has 132 valence electrons. The van der Waals surface area contributed by atoms with Gasteiger partial charge in [0.2, 0.25) is 5.91 Å². The van der Waals surface area contributed by atoms with Gasteiger partial charge in [-0.3, -0.25) is 9.59 Å². The number of nitrogens with zero attached hydrogens (tertiary/aromatic N) is 1. The third-order valence-electron chi connectivity index (χ3n) is 4.35. The van der Waals surface area contributed by atoms with Crippen molar-refractivity contribution in [2.24, 2.45) is 0 Å². The molecule has 0 fully saturated rings. The van der Waals surface area contributed by atoms with Gasteiger partial charge >= 0.3 is 0 Å². The van der Waals surface area contributed by atoms with Crippen LogP contribution in [-0.2, 0) is 11.3 Å². The normalized spacial score (nSPS) is 10.4. The average molecular weight is 338 g/mol. The van der Waals surface area contributed by atoms with Crippen molar-refractivity contribution in [3.8, 4) is 0 Å². The molecule has 2 aromatic rings. The zero-order valence-corrected chi connectivity index (χ0v) is 15.4. The lowest BCUT2D eigenvalue weighted by molar-refractivity contribution is -0.121. The number of benzene rings is 2. The molecule has 0 saturated heterocycles.